The van der Waals surface area contributed by atoms with Gasteiger partial charge in [-0.05, 0) is 35.9 Å². The first-order valence-corrected chi connectivity index (χ1v) is 9.80. The first-order valence-electron chi connectivity index (χ1n) is 9.80. The number of fused-ring (bicyclic) bond motifs is 1. The van der Waals surface area contributed by atoms with Crippen molar-refractivity contribution in [3.63, 3.8) is 0 Å². The number of carbonyl (C=O) groups excluding carboxylic acids is 1. The number of amides is 1. The average Bonchev–Trinajstić information content (AvgIpc) is 3.05. The average molecular weight is 434 g/mol. The fourth-order valence-electron chi connectivity index (χ4n) is 3.72. The van der Waals surface area contributed by atoms with E-state index in [2.05, 4.69) is 14.8 Å². The molecule has 1 amide bonds. The highest BCUT2D eigenvalue weighted by Gasteiger charge is 2.36. The Morgan fingerprint density at radius 1 is 1.23 bits per heavy atom. The Bertz CT molecular complexity index is 1100. The molecule has 2 aromatic heterocycles. The summed E-state index contributed by atoms with van der Waals surface area (Å²) in [5.74, 6) is -0.379. The topological polar surface area (TPSA) is 80.5 Å². The van der Waals surface area contributed by atoms with E-state index in [1.807, 2.05) is 13.8 Å². The lowest BCUT2D eigenvalue weighted by Crippen LogP contribution is -2.50. The van der Waals surface area contributed by atoms with Crippen molar-refractivity contribution in [2.75, 3.05) is 13.1 Å². The van der Waals surface area contributed by atoms with Crippen LogP contribution in [0.2, 0.25) is 0 Å². The Kier molecular flexibility index (Phi) is 5.34. The fraction of sp³-hybridized carbons (Fsp3) is 0.381. The number of aliphatic hydroxyl groups excluding tert-OH is 1. The Labute approximate surface area is 176 Å². The number of hydrogen-bond acceptors (Lipinski definition) is 5. The van der Waals surface area contributed by atoms with Crippen LogP contribution in [0, 0.1) is 5.92 Å². The molecule has 0 atom stereocenters. The molecule has 7 nitrogen and oxygen atoms in total. The monoisotopic (exact) mass is 434 g/mol. The van der Waals surface area contributed by atoms with Crippen molar-refractivity contribution in [3.8, 4) is 11.4 Å². The molecule has 10 heteroatoms. The van der Waals surface area contributed by atoms with Gasteiger partial charge in [-0.25, -0.2) is 9.67 Å². The maximum absolute atomic E-state index is 12.4. The number of likely N-dealkylation sites (tertiary alicyclic amines) is 1. The summed E-state index contributed by atoms with van der Waals surface area (Å²) in [6.45, 7) is 4.51. The molecule has 0 bridgehead atoms. The normalized spacial score (nSPS) is 14.9. The second-order valence-corrected chi connectivity index (χ2v) is 7.76. The third kappa shape index (κ3) is 4.07. The Balaban J connectivity index is 1.70. The number of ether oxygens (including phenoxy) is 1. The first kappa shape index (κ1) is 21.1. The zero-order chi connectivity index (χ0) is 22.3. The van der Waals surface area contributed by atoms with Gasteiger partial charge in [-0.2, -0.15) is 5.10 Å². The molecule has 3 aromatic rings. The van der Waals surface area contributed by atoms with Crippen LogP contribution in [-0.2, 0) is 11.4 Å². The van der Waals surface area contributed by atoms with Gasteiger partial charge >= 0.3 is 6.36 Å². The van der Waals surface area contributed by atoms with E-state index in [4.69, 9.17) is 0 Å². The largest absolute Gasteiger partial charge is 0.573 e. The summed E-state index contributed by atoms with van der Waals surface area (Å²) in [7, 11) is 0. The van der Waals surface area contributed by atoms with E-state index in [1.54, 1.807) is 17.2 Å². The van der Waals surface area contributed by atoms with Gasteiger partial charge < -0.3 is 14.7 Å². The lowest BCUT2D eigenvalue weighted by molar-refractivity contribution is -0.274. The van der Waals surface area contributed by atoms with E-state index in [1.165, 1.54) is 28.9 Å². The van der Waals surface area contributed by atoms with E-state index in [9.17, 15) is 23.1 Å². The van der Waals surface area contributed by atoms with Gasteiger partial charge in [0.05, 0.1) is 18.0 Å². The number of benzene rings is 1. The highest BCUT2D eigenvalue weighted by atomic mass is 19.4. The maximum atomic E-state index is 12.4. The number of rotatable bonds is 5. The third-order valence-corrected chi connectivity index (χ3v) is 5.24. The molecule has 1 fully saturated rings. The van der Waals surface area contributed by atoms with Gasteiger partial charge in [0.1, 0.15) is 5.75 Å². The van der Waals surface area contributed by atoms with Crippen LogP contribution >= 0.6 is 0 Å². The van der Waals surface area contributed by atoms with Crippen molar-refractivity contribution in [1.82, 2.24) is 19.7 Å². The van der Waals surface area contributed by atoms with Crippen molar-refractivity contribution in [1.29, 1.82) is 0 Å². The zero-order valence-corrected chi connectivity index (χ0v) is 16.9. The molecule has 0 radical (unpaired) electrons. The lowest BCUT2D eigenvalue weighted by Gasteiger charge is -2.39. The van der Waals surface area contributed by atoms with Crippen LogP contribution in [-0.4, -0.2) is 50.1 Å². The molecule has 1 aliphatic heterocycles. The zero-order valence-electron chi connectivity index (χ0n) is 16.9. The van der Waals surface area contributed by atoms with Crippen LogP contribution in [0.5, 0.6) is 5.75 Å². The van der Waals surface area contributed by atoms with Gasteiger partial charge in [-0.1, -0.05) is 13.8 Å². The van der Waals surface area contributed by atoms with Gasteiger partial charge in [-0.15, -0.1) is 13.2 Å². The van der Waals surface area contributed by atoms with E-state index in [0.717, 1.165) is 0 Å². The molecule has 4 rings (SSSR count). The molecular weight excluding hydrogens is 413 g/mol. The second-order valence-electron chi connectivity index (χ2n) is 7.76. The smallest absolute Gasteiger partial charge is 0.406 e. The minimum atomic E-state index is -4.77. The molecule has 0 spiro atoms. The summed E-state index contributed by atoms with van der Waals surface area (Å²) in [5, 5.41) is 15.2. The molecule has 0 saturated carbocycles. The van der Waals surface area contributed by atoms with Gasteiger partial charge in [0.25, 0.3) is 0 Å². The van der Waals surface area contributed by atoms with Gasteiger partial charge in [-0.3, -0.25) is 4.79 Å². The van der Waals surface area contributed by atoms with Crippen LogP contribution in [0.1, 0.15) is 31.0 Å². The second kappa shape index (κ2) is 7.84. The quantitative estimate of drug-likeness (QED) is 0.666. The van der Waals surface area contributed by atoms with Crippen molar-refractivity contribution in [2.45, 2.75) is 32.7 Å². The van der Waals surface area contributed by atoms with Crippen LogP contribution < -0.4 is 4.74 Å². The van der Waals surface area contributed by atoms with Crippen molar-refractivity contribution < 1.29 is 27.8 Å². The lowest BCUT2D eigenvalue weighted by atomic mass is 9.92. The summed E-state index contributed by atoms with van der Waals surface area (Å²) in [6, 6.07) is 7.03. The number of alkyl halides is 3. The molecule has 0 aliphatic carbocycles. The predicted octanol–water partition coefficient (Wildman–Crippen LogP) is 3.39. The van der Waals surface area contributed by atoms with Crippen LogP contribution in [0.3, 0.4) is 0 Å². The molecule has 0 unspecified atom stereocenters. The summed E-state index contributed by atoms with van der Waals surface area (Å²) < 4.78 is 42.8. The summed E-state index contributed by atoms with van der Waals surface area (Å²) >= 11 is 0. The highest BCUT2D eigenvalue weighted by molar-refractivity contribution is 5.85. The van der Waals surface area contributed by atoms with E-state index in [-0.39, 0.29) is 30.1 Å². The number of nitrogens with zero attached hydrogens (tertiary/aromatic N) is 4. The number of hydrogen-bond donors (Lipinski definition) is 1. The van der Waals surface area contributed by atoms with E-state index >= 15 is 0 Å². The third-order valence-electron chi connectivity index (χ3n) is 5.24. The fourth-order valence-corrected chi connectivity index (χ4v) is 3.72. The summed E-state index contributed by atoms with van der Waals surface area (Å²) in [5.41, 5.74) is 2.34. The number of pyridine rings is 1. The van der Waals surface area contributed by atoms with Crippen LogP contribution in [0.15, 0.2) is 36.5 Å². The molecular formula is C21H21F3N4O3. The van der Waals surface area contributed by atoms with Crippen LogP contribution in [0.25, 0.3) is 16.7 Å². The molecule has 1 aromatic carbocycles. The maximum Gasteiger partial charge on any atom is 0.573 e. The van der Waals surface area contributed by atoms with Crippen molar-refractivity contribution in [2.24, 2.45) is 5.92 Å². The molecule has 1 aliphatic rings. The summed E-state index contributed by atoms with van der Waals surface area (Å²) in [4.78, 5) is 18.4. The Morgan fingerprint density at radius 3 is 2.48 bits per heavy atom. The number of halogens is 3. The van der Waals surface area contributed by atoms with E-state index < -0.39 is 6.36 Å². The van der Waals surface area contributed by atoms with Crippen molar-refractivity contribution >= 4 is 16.9 Å². The molecule has 3 heterocycles. The number of aliphatic hydroxyl groups is 1. The molecule has 164 valence electrons. The summed E-state index contributed by atoms with van der Waals surface area (Å²) in [6.07, 6.45) is -3.22. The van der Waals surface area contributed by atoms with Gasteiger partial charge in [0.15, 0.2) is 5.65 Å². The van der Waals surface area contributed by atoms with Crippen LogP contribution in [0.4, 0.5) is 13.2 Å². The number of carbonyl (C=O) groups is 1. The standard InChI is InChI=1S/C21H21F3N4O3/c1-12(2)20(30)27-9-14(10-27)18-17-13(11-29)7-8-25-19(17)28(26-18)15-3-5-16(6-4-15)31-21(22,23)24/h3-8,12,14,29H,9-11H2,1-2H3. The van der Waals surface area contributed by atoms with E-state index in [0.29, 0.717) is 41.1 Å². The SMILES string of the molecule is CC(C)C(=O)N1CC(c2nn(-c3ccc(OC(F)(F)F)cc3)c3nccc(CO)c23)C1. The number of aromatic nitrogens is 3. The van der Waals surface area contributed by atoms with Gasteiger partial charge in [0, 0.05) is 36.5 Å². The van der Waals surface area contributed by atoms with Gasteiger partial charge in [0.2, 0.25) is 5.91 Å². The van der Waals surface area contributed by atoms with Crippen molar-refractivity contribution in [3.05, 3.63) is 47.8 Å². The predicted molar refractivity (Wildman–Crippen MR) is 106 cm³/mol. The molecule has 1 N–H and O–H groups in total. The Hall–Kier alpha value is -3.14. The minimum absolute atomic E-state index is 0.0196. The Morgan fingerprint density at radius 2 is 1.90 bits per heavy atom. The highest BCUT2D eigenvalue weighted by Crippen LogP contribution is 2.35. The molecule has 31 heavy (non-hydrogen) atoms. The minimum Gasteiger partial charge on any atom is -0.406 e. The molecule has 1 saturated heterocycles. The first-order chi connectivity index (χ1) is 14.7.